The molecule has 4 rings (SSSR count). The monoisotopic (exact) mass is 469 g/mol. The van der Waals surface area contributed by atoms with Crippen molar-refractivity contribution in [2.75, 3.05) is 19.4 Å². The van der Waals surface area contributed by atoms with Crippen molar-refractivity contribution in [1.29, 1.82) is 0 Å². The zero-order valence-corrected chi connectivity index (χ0v) is 18.1. The summed E-state index contributed by atoms with van der Waals surface area (Å²) in [4.78, 5) is 21.9. The number of nitrogens with zero attached hydrogens (tertiary/aromatic N) is 4. The van der Waals surface area contributed by atoms with Crippen molar-refractivity contribution in [2.24, 2.45) is 4.99 Å². The van der Waals surface area contributed by atoms with Gasteiger partial charge in [-0.05, 0) is 42.0 Å². The Morgan fingerprint density at radius 1 is 1.18 bits per heavy atom. The number of benzene rings is 2. The standard InChI is InChI=1S/C23H18ClF2N5O2/c1-28-11-14-10-16(6-7-17(14)27)31-23(32)21(13-2-4-15(24)5-3-13)22-18(30-31)8-9-20(29-22)33-12-19(25)26/h2-11,19H,12,27H2,1H3. The Bertz CT molecular complexity index is 1400. The van der Waals surface area contributed by atoms with Crippen LogP contribution in [0.25, 0.3) is 27.8 Å². The summed E-state index contributed by atoms with van der Waals surface area (Å²) in [5.41, 5.74) is 8.48. The maximum absolute atomic E-state index is 13.6. The molecule has 2 aromatic heterocycles. The van der Waals surface area contributed by atoms with E-state index >= 15 is 0 Å². The number of hydrogen-bond donors (Lipinski definition) is 1. The van der Waals surface area contributed by atoms with Crippen molar-refractivity contribution in [3.63, 3.8) is 0 Å². The summed E-state index contributed by atoms with van der Waals surface area (Å²) in [5.74, 6) is -0.0362. The molecule has 2 N–H and O–H groups in total. The third kappa shape index (κ3) is 4.68. The largest absolute Gasteiger partial charge is 0.472 e. The Morgan fingerprint density at radius 3 is 2.64 bits per heavy atom. The normalized spacial score (nSPS) is 11.5. The zero-order valence-electron chi connectivity index (χ0n) is 17.4. The number of nitrogens with two attached hydrogens (primary N) is 1. The van der Waals surface area contributed by atoms with Gasteiger partial charge in [-0.25, -0.2) is 13.8 Å². The Kier molecular flexibility index (Phi) is 6.32. The number of aromatic nitrogens is 3. The molecule has 2 heterocycles. The van der Waals surface area contributed by atoms with Gasteiger partial charge in [-0.1, -0.05) is 23.7 Å². The third-order valence-corrected chi connectivity index (χ3v) is 5.02. The first-order valence-electron chi connectivity index (χ1n) is 9.80. The number of anilines is 1. The van der Waals surface area contributed by atoms with Crippen molar-refractivity contribution in [2.45, 2.75) is 6.43 Å². The average molecular weight is 470 g/mol. The number of aliphatic imine (C=N–C) groups is 1. The fraction of sp³-hybridized carbons (Fsp3) is 0.130. The molecule has 33 heavy (non-hydrogen) atoms. The first-order valence-corrected chi connectivity index (χ1v) is 10.2. The lowest BCUT2D eigenvalue weighted by Crippen LogP contribution is -2.24. The minimum absolute atomic E-state index is 0.0362. The highest BCUT2D eigenvalue weighted by Gasteiger charge is 2.18. The molecule has 7 nitrogen and oxygen atoms in total. The molecule has 0 fully saturated rings. The SMILES string of the molecule is CN=Cc1cc(-n2nc3ccc(OCC(F)F)nc3c(-c3ccc(Cl)cc3)c2=O)ccc1N. The minimum Gasteiger partial charge on any atom is -0.472 e. The predicted octanol–water partition coefficient (Wildman–Crippen LogP) is 4.38. The Balaban J connectivity index is 1.98. The lowest BCUT2D eigenvalue weighted by Gasteiger charge is -2.13. The van der Waals surface area contributed by atoms with Crippen LogP contribution in [-0.4, -0.2) is 41.1 Å². The number of ether oxygens (including phenoxy) is 1. The summed E-state index contributed by atoms with van der Waals surface area (Å²) in [6, 6.07) is 14.6. The van der Waals surface area contributed by atoms with Gasteiger partial charge < -0.3 is 10.5 Å². The van der Waals surface area contributed by atoms with Gasteiger partial charge in [0.15, 0.2) is 6.61 Å². The van der Waals surface area contributed by atoms with Crippen molar-refractivity contribution in [3.8, 4) is 22.7 Å². The molecule has 168 valence electrons. The molecule has 0 atom stereocenters. The van der Waals surface area contributed by atoms with Crippen LogP contribution in [0.2, 0.25) is 5.02 Å². The first kappa shape index (κ1) is 22.3. The molecular formula is C23H18ClF2N5O2. The number of pyridine rings is 1. The van der Waals surface area contributed by atoms with Crippen LogP contribution in [0.15, 0.2) is 64.4 Å². The van der Waals surface area contributed by atoms with E-state index in [-0.39, 0.29) is 17.0 Å². The highest BCUT2D eigenvalue weighted by Crippen LogP contribution is 2.27. The second-order valence-corrected chi connectivity index (χ2v) is 7.46. The van der Waals surface area contributed by atoms with Crippen LogP contribution >= 0.6 is 11.6 Å². The average Bonchev–Trinajstić information content (AvgIpc) is 2.80. The van der Waals surface area contributed by atoms with E-state index < -0.39 is 18.6 Å². The first-order chi connectivity index (χ1) is 15.9. The molecule has 4 aromatic rings. The molecule has 0 bridgehead atoms. The minimum atomic E-state index is -2.66. The molecule has 0 amide bonds. The summed E-state index contributed by atoms with van der Waals surface area (Å²) in [6.07, 6.45) is -1.07. The van der Waals surface area contributed by atoms with Gasteiger partial charge in [-0.2, -0.15) is 9.78 Å². The third-order valence-electron chi connectivity index (χ3n) is 4.77. The van der Waals surface area contributed by atoms with E-state index in [1.54, 1.807) is 61.8 Å². The van der Waals surface area contributed by atoms with E-state index in [4.69, 9.17) is 22.1 Å². The van der Waals surface area contributed by atoms with Gasteiger partial charge in [0.1, 0.15) is 11.0 Å². The Morgan fingerprint density at radius 2 is 1.94 bits per heavy atom. The number of rotatable bonds is 6. The summed E-state index contributed by atoms with van der Waals surface area (Å²) >= 11 is 6.02. The number of nitrogen functional groups attached to an aromatic ring is 1. The van der Waals surface area contributed by atoms with E-state index in [1.807, 2.05) is 0 Å². The summed E-state index contributed by atoms with van der Waals surface area (Å²) in [6.45, 7) is -0.813. The Labute approximate surface area is 192 Å². The smallest absolute Gasteiger partial charge is 0.281 e. The highest BCUT2D eigenvalue weighted by atomic mass is 35.5. The van der Waals surface area contributed by atoms with Gasteiger partial charge in [-0.3, -0.25) is 9.79 Å². The van der Waals surface area contributed by atoms with Crippen LogP contribution in [-0.2, 0) is 0 Å². The topological polar surface area (TPSA) is 95.4 Å². The number of fused-ring (bicyclic) bond motifs is 1. The molecule has 0 aliphatic rings. The second kappa shape index (κ2) is 9.33. The lowest BCUT2D eigenvalue weighted by atomic mass is 10.1. The summed E-state index contributed by atoms with van der Waals surface area (Å²) in [5, 5.41) is 4.94. The summed E-state index contributed by atoms with van der Waals surface area (Å²) < 4.78 is 31.5. The van der Waals surface area contributed by atoms with E-state index in [2.05, 4.69) is 15.1 Å². The van der Waals surface area contributed by atoms with E-state index in [0.717, 1.165) is 0 Å². The predicted molar refractivity (Wildman–Crippen MR) is 125 cm³/mol. The van der Waals surface area contributed by atoms with Gasteiger partial charge in [0, 0.05) is 35.6 Å². The van der Waals surface area contributed by atoms with E-state index in [1.165, 1.54) is 10.7 Å². The van der Waals surface area contributed by atoms with Crippen molar-refractivity contribution >= 4 is 34.5 Å². The second-order valence-electron chi connectivity index (χ2n) is 7.02. The fourth-order valence-electron chi connectivity index (χ4n) is 3.28. The molecule has 10 heteroatoms. The van der Waals surface area contributed by atoms with Crippen LogP contribution in [0.5, 0.6) is 5.88 Å². The Hall–Kier alpha value is -3.85. The van der Waals surface area contributed by atoms with Gasteiger partial charge in [-0.15, -0.1) is 0 Å². The van der Waals surface area contributed by atoms with Crippen LogP contribution in [0.1, 0.15) is 5.56 Å². The van der Waals surface area contributed by atoms with Gasteiger partial charge in [0.2, 0.25) is 5.88 Å². The highest BCUT2D eigenvalue weighted by molar-refractivity contribution is 6.30. The van der Waals surface area contributed by atoms with Gasteiger partial charge in [0.25, 0.3) is 12.0 Å². The number of halogens is 3. The molecule has 2 aromatic carbocycles. The number of hydrogen-bond acceptors (Lipinski definition) is 6. The zero-order chi connectivity index (χ0) is 23.5. The van der Waals surface area contributed by atoms with Crippen molar-refractivity contribution in [3.05, 3.63) is 75.5 Å². The van der Waals surface area contributed by atoms with Crippen LogP contribution < -0.4 is 16.0 Å². The van der Waals surface area contributed by atoms with Crippen LogP contribution in [0, 0.1) is 0 Å². The maximum atomic E-state index is 13.6. The molecule has 0 aliphatic carbocycles. The molecule has 0 saturated carbocycles. The molecule has 0 unspecified atom stereocenters. The van der Waals surface area contributed by atoms with E-state index in [9.17, 15) is 13.6 Å². The van der Waals surface area contributed by atoms with Gasteiger partial charge in [0.05, 0.1) is 11.3 Å². The molecular weight excluding hydrogens is 452 g/mol. The molecule has 0 spiro atoms. The number of alkyl halides is 2. The van der Waals surface area contributed by atoms with Crippen molar-refractivity contribution in [1.82, 2.24) is 14.8 Å². The van der Waals surface area contributed by atoms with Crippen LogP contribution in [0.3, 0.4) is 0 Å². The van der Waals surface area contributed by atoms with E-state index in [0.29, 0.717) is 33.0 Å². The molecule has 0 aliphatic heterocycles. The summed E-state index contributed by atoms with van der Waals surface area (Å²) in [7, 11) is 1.62. The lowest BCUT2D eigenvalue weighted by molar-refractivity contribution is 0.0798. The fourth-order valence-corrected chi connectivity index (χ4v) is 3.41. The molecule has 0 radical (unpaired) electrons. The quantitative estimate of drug-likeness (QED) is 0.334. The molecule has 0 saturated heterocycles. The van der Waals surface area contributed by atoms with Crippen molar-refractivity contribution < 1.29 is 13.5 Å². The van der Waals surface area contributed by atoms with Gasteiger partial charge >= 0.3 is 0 Å². The maximum Gasteiger partial charge on any atom is 0.281 e. The van der Waals surface area contributed by atoms with Crippen LogP contribution in [0.4, 0.5) is 14.5 Å².